The van der Waals surface area contributed by atoms with Crippen LogP contribution in [0.4, 0.5) is 23.7 Å². The minimum absolute atomic E-state index is 0.0241. The first-order valence-corrected chi connectivity index (χ1v) is 18.2. The highest BCUT2D eigenvalue weighted by molar-refractivity contribution is 5.89. The fraction of sp³-hybridized carbons (Fsp3) is 0.784. The highest BCUT2D eigenvalue weighted by Gasteiger charge is 2.50. The number of aliphatic hydroxyl groups excluding tert-OH is 3. The van der Waals surface area contributed by atoms with Crippen LogP contribution >= 0.6 is 0 Å². The van der Waals surface area contributed by atoms with Gasteiger partial charge in [-0.3, -0.25) is 4.79 Å². The Balaban J connectivity index is 2.10. The number of urea groups is 1. The Morgan fingerprint density at radius 3 is 2.26 bits per heavy atom. The number of anilines is 1. The minimum Gasteiger partial charge on any atom is -0.459 e. The van der Waals surface area contributed by atoms with E-state index in [1.165, 1.54) is 33.8 Å². The summed E-state index contributed by atoms with van der Waals surface area (Å²) in [6.07, 6.45) is -12.8. The Kier molecular flexibility index (Phi) is 14.8. The molecule has 1 aromatic rings. The molecule has 2 aliphatic heterocycles. The van der Waals surface area contributed by atoms with Crippen molar-refractivity contribution in [3.05, 3.63) is 29.8 Å². The van der Waals surface area contributed by atoms with Crippen molar-refractivity contribution in [2.45, 2.75) is 147 Å². The number of halogens is 3. The zero-order valence-corrected chi connectivity index (χ0v) is 32.4. The summed E-state index contributed by atoms with van der Waals surface area (Å²) in [5.74, 6) is -3.72. The third kappa shape index (κ3) is 10.6. The number of cyclic esters (lactones) is 1. The molecule has 0 aliphatic carbocycles. The highest BCUT2D eigenvalue weighted by Crippen LogP contribution is 2.37. The van der Waals surface area contributed by atoms with Crippen molar-refractivity contribution in [1.82, 2.24) is 9.80 Å². The average molecular weight is 764 g/mol. The molecule has 13 nitrogen and oxygen atoms in total. The number of carbonyl (C=O) groups excluding carboxylic acids is 2. The van der Waals surface area contributed by atoms with Crippen LogP contribution in [0.2, 0.25) is 0 Å². The van der Waals surface area contributed by atoms with Gasteiger partial charge in [-0.25, -0.2) is 4.79 Å². The number of esters is 1. The molecule has 2 fully saturated rings. The van der Waals surface area contributed by atoms with Crippen molar-refractivity contribution in [2.24, 2.45) is 17.8 Å². The van der Waals surface area contributed by atoms with Gasteiger partial charge in [0.15, 0.2) is 6.29 Å². The first kappa shape index (κ1) is 44.8. The van der Waals surface area contributed by atoms with Gasteiger partial charge in [0.25, 0.3) is 0 Å². The van der Waals surface area contributed by atoms with E-state index in [0.29, 0.717) is 6.42 Å². The maximum Gasteiger partial charge on any atom is 0.416 e. The fourth-order valence-corrected chi connectivity index (χ4v) is 7.75. The summed E-state index contributed by atoms with van der Waals surface area (Å²) in [7, 11) is 3.61. The second-order valence-electron chi connectivity index (χ2n) is 15.8. The predicted octanol–water partition coefficient (Wildman–Crippen LogP) is 3.60. The molecule has 2 saturated heterocycles. The molecule has 0 saturated carbocycles. The first-order valence-electron chi connectivity index (χ1n) is 18.2. The van der Waals surface area contributed by atoms with Crippen LogP contribution in [0.15, 0.2) is 24.3 Å². The minimum atomic E-state index is -4.68. The second kappa shape index (κ2) is 17.5. The van der Waals surface area contributed by atoms with Crippen molar-refractivity contribution in [1.29, 1.82) is 0 Å². The molecule has 0 aromatic heterocycles. The number of hydrogen-bond acceptors (Lipinski definition) is 11. The Morgan fingerprint density at radius 1 is 1.08 bits per heavy atom. The van der Waals surface area contributed by atoms with E-state index < -0.39 is 95.5 Å². The number of nitrogens with zero attached hydrogens (tertiary/aromatic N) is 2. The standard InChI is InChI=1S/C37H60F3N3O10/c1-11-27-36(8,50)30(46)23(6)43(34(48)41-25-14-12-13-24(16-25)37(38,39)40)18-19(2)17-35(7,49)31(21(4)28(44)22(5)32(47)52-27)53-33-29(45)26(42(9)10)15-20(3)51-33/h12-14,16,19-23,26-31,33,44-46,49-50H,11,15,17-18H2,1-10H3,(H,41,48)/t19-,20-,21+,22-,23-,26+,27-,28+,29-,30-,31-,33+,35-,36-/m1/s1. The zero-order chi connectivity index (χ0) is 40.4. The number of aliphatic hydroxyl groups is 5. The van der Waals surface area contributed by atoms with Crippen LogP contribution in [0.25, 0.3) is 0 Å². The smallest absolute Gasteiger partial charge is 0.416 e. The summed E-state index contributed by atoms with van der Waals surface area (Å²) in [4.78, 5) is 30.4. The van der Waals surface area contributed by atoms with E-state index in [1.54, 1.807) is 34.9 Å². The Bertz CT molecular complexity index is 1380. The molecular formula is C37H60F3N3O10. The maximum atomic E-state index is 13.9. The summed E-state index contributed by atoms with van der Waals surface area (Å²) in [6, 6.07) is 1.56. The molecule has 0 bridgehead atoms. The number of likely N-dealkylation sites (N-methyl/N-ethyl adjacent to an activating group) is 1. The van der Waals surface area contributed by atoms with Gasteiger partial charge in [-0.05, 0) is 92.1 Å². The highest BCUT2D eigenvalue weighted by atomic mass is 19.4. The van der Waals surface area contributed by atoms with Crippen LogP contribution < -0.4 is 5.32 Å². The SMILES string of the molecule is CC[C@H]1OC(=O)[C@H](C)[C@@H](O)[C@H](C)[C@@H](O[C@@H]2O[C@H](C)C[C@H](N(C)C)[C@H]2O)[C@](C)(O)C[C@@H](C)CN(C(=O)Nc2cccc(C(F)(F)F)c2)[C@H](C)[C@@H](O)[C@]1(C)O. The van der Waals surface area contributed by atoms with Gasteiger partial charge in [-0.15, -0.1) is 0 Å². The van der Waals surface area contributed by atoms with Gasteiger partial charge in [-0.2, -0.15) is 13.2 Å². The van der Waals surface area contributed by atoms with E-state index in [-0.39, 0.29) is 37.2 Å². The fourth-order valence-electron chi connectivity index (χ4n) is 7.75. The molecule has 2 heterocycles. The van der Waals surface area contributed by atoms with Gasteiger partial charge in [-0.1, -0.05) is 26.8 Å². The van der Waals surface area contributed by atoms with Crippen molar-refractivity contribution >= 4 is 17.7 Å². The van der Waals surface area contributed by atoms with E-state index in [9.17, 15) is 48.3 Å². The van der Waals surface area contributed by atoms with Crippen molar-refractivity contribution in [2.75, 3.05) is 26.0 Å². The molecule has 0 radical (unpaired) electrons. The molecular weight excluding hydrogens is 703 g/mol. The maximum absolute atomic E-state index is 13.9. The van der Waals surface area contributed by atoms with Gasteiger partial charge in [0.05, 0.1) is 41.4 Å². The summed E-state index contributed by atoms with van der Waals surface area (Å²) in [6.45, 7) is 12.1. The van der Waals surface area contributed by atoms with Gasteiger partial charge in [0.2, 0.25) is 0 Å². The molecule has 53 heavy (non-hydrogen) atoms. The predicted molar refractivity (Wildman–Crippen MR) is 189 cm³/mol. The quantitative estimate of drug-likeness (QED) is 0.241. The summed E-state index contributed by atoms with van der Waals surface area (Å²) in [5, 5.41) is 60.8. The molecule has 6 N–H and O–H groups in total. The van der Waals surface area contributed by atoms with E-state index in [4.69, 9.17) is 14.2 Å². The number of alkyl halides is 3. The third-order valence-corrected chi connectivity index (χ3v) is 10.9. The Hall–Kier alpha value is -2.57. The molecule has 2 aliphatic rings. The number of rotatable bonds is 5. The first-order chi connectivity index (χ1) is 24.3. The monoisotopic (exact) mass is 763 g/mol. The molecule has 1 aromatic carbocycles. The number of benzene rings is 1. The van der Waals surface area contributed by atoms with Gasteiger partial charge < -0.3 is 54.9 Å². The molecule has 3 rings (SSSR count). The lowest BCUT2D eigenvalue weighted by molar-refractivity contribution is -0.299. The molecule has 14 atom stereocenters. The van der Waals surface area contributed by atoms with E-state index >= 15 is 0 Å². The van der Waals surface area contributed by atoms with Crippen molar-refractivity contribution in [3.63, 3.8) is 0 Å². The van der Waals surface area contributed by atoms with Crippen LogP contribution in [0.5, 0.6) is 0 Å². The zero-order valence-electron chi connectivity index (χ0n) is 32.4. The van der Waals surface area contributed by atoms with E-state index in [0.717, 1.165) is 23.1 Å². The van der Waals surface area contributed by atoms with Crippen LogP contribution in [0.3, 0.4) is 0 Å². The summed E-state index contributed by atoms with van der Waals surface area (Å²) in [5.41, 5.74) is -5.13. The average Bonchev–Trinajstić information content (AvgIpc) is 3.06. The lowest BCUT2D eigenvalue weighted by Gasteiger charge is -2.46. The third-order valence-electron chi connectivity index (χ3n) is 10.9. The molecule has 0 unspecified atom stereocenters. The van der Waals surface area contributed by atoms with Gasteiger partial charge in [0, 0.05) is 24.2 Å². The number of amides is 2. The number of carbonyl (C=O) groups is 2. The Morgan fingerprint density at radius 2 is 1.70 bits per heavy atom. The molecule has 304 valence electrons. The normalized spacial score (nSPS) is 39.9. The lowest BCUT2D eigenvalue weighted by Crippen LogP contribution is -2.61. The molecule has 16 heteroatoms. The van der Waals surface area contributed by atoms with E-state index in [1.807, 2.05) is 11.8 Å². The number of hydrogen-bond donors (Lipinski definition) is 6. The topological polar surface area (TPSA) is 181 Å². The van der Waals surface area contributed by atoms with Crippen LogP contribution in [0.1, 0.15) is 80.2 Å². The van der Waals surface area contributed by atoms with E-state index in [2.05, 4.69) is 5.32 Å². The number of ether oxygens (including phenoxy) is 3. The second-order valence-corrected chi connectivity index (χ2v) is 15.8. The number of nitrogens with one attached hydrogen (secondary N) is 1. The van der Waals surface area contributed by atoms with Crippen LogP contribution in [0, 0.1) is 17.8 Å². The summed E-state index contributed by atoms with van der Waals surface area (Å²) >= 11 is 0. The lowest BCUT2D eigenvalue weighted by atomic mass is 9.78. The van der Waals surface area contributed by atoms with Crippen molar-refractivity contribution in [3.8, 4) is 0 Å². The molecule has 0 spiro atoms. The van der Waals surface area contributed by atoms with Gasteiger partial charge >= 0.3 is 18.2 Å². The molecule has 2 amide bonds. The van der Waals surface area contributed by atoms with Crippen LogP contribution in [-0.2, 0) is 25.2 Å². The van der Waals surface area contributed by atoms with Crippen LogP contribution in [-0.4, -0.2) is 134 Å². The van der Waals surface area contributed by atoms with Gasteiger partial charge in [0.1, 0.15) is 23.9 Å². The van der Waals surface area contributed by atoms with Crippen molar-refractivity contribution < 1.29 is 62.5 Å². The summed E-state index contributed by atoms with van der Waals surface area (Å²) < 4.78 is 58.5. The largest absolute Gasteiger partial charge is 0.459 e. The Labute approximate surface area is 310 Å².